The zero-order chi connectivity index (χ0) is 13.1. The van der Waals surface area contributed by atoms with Crippen molar-refractivity contribution in [1.29, 1.82) is 0 Å². The van der Waals surface area contributed by atoms with Crippen LogP contribution in [0.1, 0.15) is 5.56 Å². The minimum absolute atomic E-state index is 0.0819. The fourth-order valence-corrected chi connectivity index (χ4v) is 1.94. The Labute approximate surface area is 110 Å². The van der Waals surface area contributed by atoms with Gasteiger partial charge < -0.3 is 5.32 Å². The van der Waals surface area contributed by atoms with Gasteiger partial charge in [0.05, 0.1) is 6.20 Å². The zero-order valence-electron chi connectivity index (χ0n) is 10.3. The number of nitrogens with one attached hydrogen (secondary N) is 1. The van der Waals surface area contributed by atoms with Crippen molar-refractivity contribution in [2.24, 2.45) is 0 Å². The molecule has 19 heavy (non-hydrogen) atoms. The Morgan fingerprint density at radius 2 is 1.84 bits per heavy atom. The smallest absolute Gasteiger partial charge is 0.281 e. The summed E-state index contributed by atoms with van der Waals surface area (Å²) in [5, 5.41) is 3.13. The standard InChI is InChI=1S/C15H13N3O/c19-15-13(16-10-12-6-2-1-3-7-12)11-17-14-8-4-5-9-18(14)15/h1-9,11,16H,10H2. The third-order valence-electron chi connectivity index (χ3n) is 2.94. The third-order valence-corrected chi connectivity index (χ3v) is 2.94. The third kappa shape index (κ3) is 2.33. The van der Waals surface area contributed by atoms with Crippen LogP contribution in [0.2, 0.25) is 0 Å². The van der Waals surface area contributed by atoms with E-state index in [0.29, 0.717) is 17.9 Å². The molecule has 1 aromatic carbocycles. The van der Waals surface area contributed by atoms with Crippen molar-refractivity contribution >= 4 is 11.3 Å². The summed E-state index contributed by atoms with van der Waals surface area (Å²) in [5.74, 6) is 0. The largest absolute Gasteiger partial charge is 0.375 e. The molecule has 2 aromatic heterocycles. The van der Waals surface area contributed by atoms with Gasteiger partial charge in [0.15, 0.2) is 0 Å². The lowest BCUT2D eigenvalue weighted by Crippen LogP contribution is -2.19. The van der Waals surface area contributed by atoms with E-state index < -0.39 is 0 Å². The second kappa shape index (κ2) is 4.94. The van der Waals surface area contributed by atoms with E-state index in [4.69, 9.17) is 0 Å². The fraction of sp³-hybridized carbons (Fsp3) is 0.0667. The Morgan fingerprint density at radius 1 is 1.05 bits per heavy atom. The Kier molecular flexibility index (Phi) is 2.98. The molecule has 0 amide bonds. The van der Waals surface area contributed by atoms with E-state index in [1.165, 1.54) is 4.40 Å². The highest BCUT2D eigenvalue weighted by Gasteiger charge is 2.03. The molecule has 2 heterocycles. The summed E-state index contributed by atoms with van der Waals surface area (Å²) in [7, 11) is 0. The Hall–Kier alpha value is -2.62. The Bertz CT molecular complexity index is 750. The summed E-state index contributed by atoms with van der Waals surface area (Å²) < 4.78 is 1.54. The summed E-state index contributed by atoms with van der Waals surface area (Å²) in [4.78, 5) is 16.5. The Balaban J connectivity index is 1.90. The van der Waals surface area contributed by atoms with Crippen molar-refractivity contribution in [2.75, 3.05) is 5.32 Å². The normalized spacial score (nSPS) is 10.5. The second-order valence-corrected chi connectivity index (χ2v) is 4.25. The predicted octanol–water partition coefficient (Wildman–Crippen LogP) is 2.31. The van der Waals surface area contributed by atoms with Crippen molar-refractivity contribution < 1.29 is 0 Å². The molecule has 0 fully saturated rings. The van der Waals surface area contributed by atoms with Crippen LogP contribution in [0.4, 0.5) is 5.69 Å². The number of fused-ring (bicyclic) bond motifs is 1. The van der Waals surface area contributed by atoms with Crippen LogP contribution in [0, 0.1) is 0 Å². The molecule has 94 valence electrons. The average Bonchev–Trinajstić information content (AvgIpc) is 2.48. The SMILES string of the molecule is O=c1c(NCc2ccccc2)cnc2ccccn12. The number of benzene rings is 1. The van der Waals surface area contributed by atoms with Gasteiger partial charge in [-0.15, -0.1) is 0 Å². The summed E-state index contributed by atoms with van der Waals surface area (Å²) in [6, 6.07) is 15.4. The van der Waals surface area contributed by atoms with Crippen molar-refractivity contribution in [3.05, 3.63) is 76.8 Å². The molecule has 1 N–H and O–H groups in total. The first kappa shape index (κ1) is 11.5. The lowest BCUT2D eigenvalue weighted by Gasteiger charge is -2.07. The van der Waals surface area contributed by atoms with Gasteiger partial charge in [-0.3, -0.25) is 9.20 Å². The molecule has 0 aliphatic carbocycles. The summed E-state index contributed by atoms with van der Waals surface area (Å²) in [5.41, 5.74) is 2.20. The van der Waals surface area contributed by atoms with Crippen molar-refractivity contribution in [3.8, 4) is 0 Å². The van der Waals surface area contributed by atoms with Crippen LogP contribution < -0.4 is 10.9 Å². The monoisotopic (exact) mass is 251 g/mol. The van der Waals surface area contributed by atoms with Gasteiger partial charge in [0.2, 0.25) is 0 Å². The van der Waals surface area contributed by atoms with E-state index in [9.17, 15) is 4.79 Å². The van der Waals surface area contributed by atoms with Gasteiger partial charge in [-0.1, -0.05) is 36.4 Å². The minimum atomic E-state index is -0.0819. The molecule has 0 aliphatic heterocycles. The molecule has 0 saturated carbocycles. The van der Waals surface area contributed by atoms with Gasteiger partial charge >= 0.3 is 0 Å². The van der Waals surface area contributed by atoms with E-state index in [1.807, 2.05) is 48.5 Å². The van der Waals surface area contributed by atoms with Crippen LogP contribution in [0.15, 0.2) is 65.7 Å². The van der Waals surface area contributed by atoms with Gasteiger partial charge in [-0.2, -0.15) is 0 Å². The second-order valence-electron chi connectivity index (χ2n) is 4.25. The molecular weight excluding hydrogens is 238 g/mol. The molecule has 4 heteroatoms. The number of aromatic nitrogens is 2. The Morgan fingerprint density at radius 3 is 2.68 bits per heavy atom. The predicted molar refractivity (Wildman–Crippen MR) is 75.2 cm³/mol. The highest BCUT2D eigenvalue weighted by atomic mass is 16.1. The van der Waals surface area contributed by atoms with Crippen LogP contribution in [-0.2, 0) is 6.54 Å². The number of hydrogen-bond donors (Lipinski definition) is 1. The minimum Gasteiger partial charge on any atom is -0.375 e. The van der Waals surface area contributed by atoms with Crippen molar-refractivity contribution in [3.63, 3.8) is 0 Å². The average molecular weight is 251 g/mol. The molecule has 0 aliphatic rings. The van der Waals surface area contributed by atoms with E-state index in [1.54, 1.807) is 12.4 Å². The molecule has 0 unspecified atom stereocenters. The first-order valence-electron chi connectivity index (χ1n) is 6.09. The molecule has 0 spiro atoms. The van der Waals surface area contributed by atoms with Crippen LogP contribution in [-0.4, -0.2) is 9.38 Å². The fourth-order valence-electron chi connectivity index (χ4n) is 1.94. The maximum absolute atomic E-state index is 12.2. The van der Waals surface area contributed by atoms with E-state index in [0.717, 1.165) is 5.56 Å². The van der Waals surface area contributed by atoms with Crippen LogP contribution >= 0.6 is 0 Å². The van der Waals surface area contributed by atoms with Crippen molar-refractivity contribution in [1.82, 2.24) is 9.38 Å². The van der Waals surface area contributed by atoms with Gasteiger partial charge in [-0.25, -0.2) is 4.98 Å². The number of nitrogens with zero attached hydrogens (tertiary/aromatic N) is 2. The first-order valence-corrected chi connectivity index (χ1v) is 6.09. The zero-order valence-corrected chi connectivity index (χ0v) is 10.3. The van der Waals surface area contributed by atoms with Crippen LogP contribution in [0.3, 0.4) is 0 Å². The first-order chi connectivity index (χ1) is 9.34. The molecule has 4 nitrogen and oxygen atoms in total. The molecule has 0 radical (unpaired) electrons. The molecule has 0 atom stereocenters. The molecule has 0 saturated heterocycles. The van der Waals surface area contributed by atoms with Gasteiger partial charge in [-0.05, 0) is 17.7 Å². The lowest BCUT2D eigenvalue weighted by molar-refractivity contribution is 1.02. The quantitative estimate of drug-likeness (QED) is 0.777. The highest BCUT2D eigenvalue weighted by Crippen LogP contribution is 2.05. The summed E-state index contributed by atoms with van der Waals surface area (Å²) in [6.45, 7) is 0.608. The number of pyridine rings is 1. The molecular formula is C15H13N3O. The molecule has 3 aromatic rings. The van der Waals surface area contributed by atoms with Crippen LogP contribution in [0.25, 0.3) is 5.65 Å². The maximum Gasteiger partial charge on any atom is 0.281 e. The van der Waals surface area contributed by atoms with Gasteiger partial charge in [0, 0.05) is 12.7 Å². The summed E-state index contributed by atoms with van der Waals surface area (Å²) >= 11 is 0. The highest BCUT2D eigenvalue weighted by molar-refractivity contribution is 5.46. The topological polar surface area (TPSA) is 46.4 Å². The molecule has 3 rings (SSSR count). The summed E-state index contributed by atoms with van der Waals surface area (Å²) in [6.07, 6.45) is 3.30. The van der Waals surface area contributed by atoms with Gasteiger partial charge in [0.1, 0.15) is 11.3 Å². The maximum atomic E-state index is 12.2. The number of hydrogen-bond acceptors (Lipinski definition) is 3. The van der Waals surface area contributed by atoms with Crippen LogP contribution in [0.5, 0.6) is 0 Å². The van der Waals surface area contributed by atoms with Gasteiger partial charge in [0.25, 0.3) is 5.56 Å². The van der Waals surface area contributed by atoms with Crippen molar-refractivity contribution in [2.45, 2.75) is 6.54 Å². The number of rotatable bonds is 3. The number of anilines is 1. The van der Waals surface area contributed by atoms with E-state index >= 15 is 0 Å². The van der Waals surface area contributed by atoms with E-state index in [2.05, 4.69) is 10.3 Å². The van der Waals surface area contributed by atoms with E-state index in [-0.39, 0.29) is 5.56 Å². The lowest BCUT2D eigenvalue weighted by atomic mass is 10.2. The molecule has 0 bridgehead atoms.